The number of carboxylic acids is 1. The van der Waals surface area contributed by atoms with Gasteiger partial charge in [0.2, 0.25) is 0 Å². The van der Waals surface area contributed by atoms with E-state index < -0.39 is 5.97 Å². The number of anilines is 2. The number of hydrogen-bond acceptors (Lipinski definition) is 5. The number of nitrogens with one attached hydrogen (secondary N) is 1. The molecule has 0 aromatic heterocycles. The number of methoxy groups -OCH3 is 1. The molecule has 0 radical (unpaired) electrons. The van der Waals surface area contributed by atoms with E-state index in [9.17, 15) is 9.90 Å². The summed E-state index contributed by atoms with van der Waals surface area (Å²) in [6.45, 7) is 4.73. The largest absolute Gasteiger partial charge is 0.497 e. The van der Waals surface area contributed by atoms with Crippen LogP contribution in [0.3, 0.4) is 0 Å². The monoisotopic (exact) mass is 438 g/mol. The van der Waals surface area contributed by atoms with E-state index in [4.69, 9.17) is 14.5 Å². The van der Waals surface area contributed by atoms with Crippen molar-refractivity contribution in [2.45, 2.75) is 18.9 Å². The number of benzene rings is 2. The molecule has 0 spiro atoms. The van der Waals surface area contributed by atoms with Gasteiger partial charge in [-0.1, -0.05) is 6.07 Å². The first-order valence-corrected chi connectivity index (χ1v) is 11.0. The summed E-state index contributed by atoms with van der Waals surface area (Å²) in [4.78, 5) is 20.8. The minimum absolute atomic E-state index is 0.151. The topological polar surface area (TPSA) is 86.6 Å². The van der Waals surface area contributed by atoms with Crippen LogP contribution in [0.15, 0.2) is 53.5 Å². The molecule has 32 heavy (non-hydrogen) atoms. The Balaban J connectivity index is 1.45. The molecular formula is C24H30N4O4. The molecule has 2 aliphatic rings. The van der Waals surface area contributed by atoms with Crippen LogP contribution >= 0.6 is 0 Å². The molecule has 2 aromatic carbocycles. The average Bonchev–Trinajstić information content (AvgIpc) is 3.36. The van der Waals surface area contributed by atoms with Crippen molar-refractivity contribution in [1.29, 1.82) is 0 Å². The average molecular weight is 439 g/mol. The first-order chi connectivity index (χ1) is 15.6. The number of hydrogen-bond donors (Lipinski definition) is 2. The van der Waals surface area contributed by atoms with Gasteiger partial charge in [0.1, 0.15) is 5.75 Å². The summed E-state index contributed by atoms with van der Waals surface area (Å²) >= 11 is 0. The van der Waals surface area contributed by atoms with Crippen LogP contribution in [-0.2, 0) is 4.74 Å². The molecule has 4 rings (SSSR count). The Morgan fingerprint density at radius 1 is 1.19 bits per heavy atom. The molecule has 0 bridgehead atoms. The normalized spacial score (nSPS) is 19.2. The Morgan fingerprint density at radius 2 is 1.97 bits per heavy atom. The molecule has 2 aromatic rings. The third-order valence-corrected chi connectivity index (χ3v) is 5.85. The van der Waals surface area contributed by atoms with Crippen molar-refractivity contribution >= 4 is 23.3 Å². The lowest BCUT2D eigenvalue weighted by atomic mass is 10.2. The SMILES string of the molecule is COc1ccc(N2CCN(C(=NC[C@H]3CCCO3)Nc3cccc(C(=O)O)c3)CC2)cc1. The van der Waals surface area contributed by atoms with Gasteiger partial charge in [-0.15, -0.1) is 0 Å². The van der Waals surface area contributed by atoms with Crippen molar-refractivity contribution in [2.75, 3.05) is 56.7 Å². The number of nitrogens with zero attached hydrogens (tertiary/aromatic N) is 3. The Labute approximate surface area is 188 Å². The van der Waals surface area contributed by atoms with Gasteiger partial charge < -0.3 is 29.7 Å². The zero-order valence-corrected chi connectivity index (χ0v) is 18.4. The number of aromatic carboxylic acids is 1. The lowest BCUT2D eigenvalue weighted by Gasteiger charge is -2.38. The van der Waals surface area contributed by atoms with Gasteiger partial charge >= 0.3 is 5.97 Å². The molecule has 2 heterocycles. The number of carbonyl (C=O) groups is 1. The second-order valence-corrected chi connectivity index (χ2v) is 7.98. The van der Waals surface area contributed by atoms with Crippen LogP contribution in [0.1, 0.15) is 23.2 Å². The van der Waals surface area contributed by atoms with Crippen LogP contribution < -0.4 is 15.0 Å². The minimum atomic E-state index is -0.945. The van der Waals surface area contributed by atoms with E-state index in [1.807, 2.05) is 18.2 Å². The van der Waals surface area contributed by atoms with E-state index in [0.29, 0.717) is 12.2 Å². The van der Waals surface area contributed by atoms with Gasteiger partial charge in [-0.2, -0.15) is 0 Å². The van der Waals surface area contributed by atoms with Crippen LogP contribution in [0, 0.1) is 0 Å². The van der Waals surface area contributed by atoms with Crippen molar-refractivity contribution < 1.29 is 19.4 Å². The van der Waals surface area contributed by atoms with Crippen LogP contribution in [0.4, 0.5) is 11.4 Å². The summed E-state index contributed by atoms with van der Waals surface area (Å²) in [7, 11) is 1.67. The van der Waals surface area contributed by atoms with Gasteiger partial charge in [-0.25, -0.2) is 4.79 Å². The molecule has 8 nitrogen and oxygen atoms in total. The Bertz CT molecular complexity index is 933. The van der Waals surface area contributed by atoms with E-state index >= 15 is 0 Å². The highest BCUT2D eigenvalue weighted by Gasteiger charge is 2.22. The molecule has 0 amide bonds. The highest BCUT2D eigenvalue weighted by molar-refractivity contribution is 5.96. The van der Waals surface area contributed by atoms with Gasteiger partial charge in [0.05, 0.1) is 25.3 Å². The first-order valence-electron chi connectivity index (χ1n) is 11.0. The van der Waals surface area contributed by atoms with Crippen LogP contribution in [0.5, 0.6) is 5.75 Å². The van der Waals surface area contributed by atoms with Crippen molar-refractivity contribution in [3.63, 3.8) is 0 Å². The zero-order valence-electron chi connectivity index (χ0n) is 18.4. The molecule has 1 atom stereocenters. The van der Waals surface area contributed by atoms with Gasteiger partial charge in [-0.05, 0) is 55.3 Å². The van der Waals surface area contributed by atoms with Gasteiger partial charge in [0.25, 0.3) is 0 Å². The number of rotatable bonds is 6. The third kappa shape index (κ3) is 5.50. The summed E-state index contributed by atoms with van der Waals surface area (Å²) in [5, 5.41) is 12.7. The molecule has 0 saturated carbocycles. The summed E-state index contributed by atoms with van der Waals surface area (Å²) in [5.74, 6) is 0.667. The molecule has 0 aliphatic carbocycles. The van der Waals surface area contributed by atoms with Gasteiger partial charge in [-0.3, -0.25) is 4.99 Å². The fourth-order valence-electron chi connectivity index (χ4n) is 4.02. The van der Waals surface area contributed by atoms with Gasteiger partial charge in [0.15, 0.2) is 5.96 Å². The highest BCUT2D eigenvalue weighted by atomic mass is 16.5. The number of carboxylic acid groups (broad SMARTS) is 1. The molecule has 0 unspecified atom stereocenters. The predicted octanol–water partition coefficient (Wildman–Crippen LogP) is 3.16. The zero-order chi connectivity index (χ0) is 22.3. The predicted molar refractivity (Wildman–Crippen MR) is 125 cm³/mol. The van der Waals surface area contributed by atoms with E-state index in [1.165, 1.54) is 5.69 Å². The molecule has 2 saturated heterocycles. The summed E-state index contributed by atoms with van der Waals surface area (Å²) in [5.41, 5.74) is 2.14. The van der Waals surface area contributed by atoms with Crippen LogP contribution in [-0.4, -0.2) is 74.5 Å². The smallest absolute Gasteiger partial charge is 0.335 e. The van der Waals surface area contributed by atoms with Crippen molar-refractivity contribution in [3.05, 3.63) is 54.1 Å². The second-order valence-electron chi connectivity index (χ2n) is 7.98. The van der Waals surface area contributed by atoms with E-state index in [0.717, 1.165) is 57.3 Å². The number of aliphatic imine (C=N–C) groups is 1. The molecule has 170 valence electrons. The fraction of sp³-hybridized carbons (Fsp3) is 0.417. The van der Waals surface area contributed by atoms with Crippen LogP contribution in [0.2, 0.25) is 0 Å². The van der Waals surface area contributed by atoms with Gasteiger partial charge in [0, 0.05) is 44.2 Å². The first kappa shape index (κ1) is 22.0. The van der Waals surface area contributed by atoms with Crippen LogP contribution in [0.25, 0.3) is 0 Å². The maximum absolute atomic E-state index is 11.4. The van der Waals surface area contributed by atoms with Crippen molar-refractivity contribution in [2.24, 2.45) is 4.99 Å². The summed E-state index contributed by atoms with van der Waals surface area (Å²) in [6, 6.07) is 14.9. The van der Waals surface area contributed by atoms with E-state index in [-0.39, 0.29) is 11.7 Å². The van der Waals surface area contributed by atoms with E-state index in [2.05, 4.69) is 27.2 Å². The maximum atomic E-state index is 11.4. The molecular weight excluding hydrogens is 408 g/mol. The molecule has 8 heteroatoms. The van der Waals surface area contributed by atoms with Crippen molar-refractivity contribution in [1.82, 2.24) is 4.90 Å². The fourth-order valence-corrected chi connectivity index (χ4v) is 4.02. The number of ether oxygens (including phenoxy) is 2. The minimum Gasteiger partial charge on any atom is -0.497 e. The molecule has 2 aliphatic heterocycles. The second kappa shape index (κ2) is 10.4. The Kier molecular flexibility index (Phi) is 7.11. The quantitative estimate of drug-likeness (QED) is 0.529. The third-order valence-electron chi connectivity index (χ3n) is 5.85. The standard InChI is InChI=1S/C24H30N4O4/c1-31-21-9-7-20(8-10-21)27-11-13-28(14-12-27)24(25-17-22-6-3-15-32-22)26-19-5-2-4-18(16-19)23(29)30/h2,4-5,7-10,16,22H,3,6,11-15,17H2,1H3,(H,25,26)(H,29,30)/t22-/m1/s1. The maximum Gasteiger partial charge on any atom is 0.335 e. The Hall–Kier alpha value is -3.26. The summed E-state index contributed by atoms with van der Waals surface area (Å²) < 4.78 is 11.0. The summed E-state index contributed by atoms with van der Waals surface area (Å²) in [6.07, 6.45) is 2.25. The number of piperazine rings is 1. The number of guanidine groups is 1. The lowest BCUT2D eigenvalue weighted by molar-refractivity contribution is 0.0697. The van der Waals surface area contributed by atoms with E-state index in [1.54, 1.807) is 25.3 Å². The highest BCUT2D eigenvalue weighted by Crippen LogP contribution is 2.21. The molecule has 2 fully saturated rings. The molecule has 2 N–H and O–H groups in total. The van der Waals surface area contributed by atoms with Crippen molar-refractivity contribution in [3.8, 4) is 5.75 Å². The lowest BCUT2D eigenvalue weighted by Crippen LogP contribution is -2.51. The Morgan fingerprint density at radius 3 is 2.62 bits per heavy atom.